The summed E-state index contributed by atoms with van der Waals surface area (Å²) < 4.78 is 0. The minimum absolute atomic E-state index is 0.0128. The molecule has 0 saturated carbocycles. The molecular weight excluding hydrogens is 386 g/mol. The Balaban J connectivity index is 1.72. The van der Waals surface area contributed by atoms with Crippen molar-refractivity contribution in [3.8, 4) is 0 Å². The van der Waals surface area contributed by atoms with E-state index in [2.05, 4.69) is 10.6 Å². The highest BCUT2D eigenvalue weighted by Crippen LogP contribution is 2.28. The zero-order valence-corrected chi connectivity index (χ0v) is 15.7. The fourth-order valence-electron chi connectivity index (χ4n) is 2.64. The molecule has 8 heteroatoms. The highest BCUT2D eigenvalue weighted by Gasteiger charge is 2.19. The lowest BCUT2D eigenvalue weighted by Crippen LogP contribution is -2.31. The first-order valence-corrected chi connectivity index (χ1v) is 9.36. The maximum absolute atomic E-state index is 12.4. The van der Waals surface area contributed by atoms with E-state index < -0.39 is 10.8 Å². The van der Waals surface area contributed by atoms with Crippen molar-refractivity contribution in [2.24, 2.45) is 0 Å². The summed E-state index contributed by atoms with van der Waals surface area (Å²) in [6.07, 6.45) is 0. The molecule has 27 heavy (non-hydrogen) atoms. The third-order valence-electron chi connectivity index (χ3n) is 3.86. The van der Waals surface area contributed by atoms with Crippen molar-refractivity contribution in [2.45, 2.75) is 6.04 Å². The smallest absolute Gasteiger partial charge is 0.292 e. The summed E-state index contributed by atoms with van der Waals surface area (Å²) in [5.41, 5.74) is 0.902. The Hall–Kier alpha value is -2.74. The van der Waals surface area contributed by atoms with Crippen LogP contribution in [0.25, 0.3) is 0 Å². The largest absolute Gasteiger partial charge is 0.319 e. The predicted octanol–water partition coefficient (Wildman–Crippen LogP) is 4.63. The highest BCUT2D eigenvalue weighted by atomic mass is 35.5. The summed E-state index contributed by atoms with van der Waals surface area (Å²) in [5.74, 6) is -0.391. The van der Waals surface area contributed by atoms with E-state index in [1.54, 1.807) is 11.3 Å². The van der Waals surface area contributed by atoms with Gasteiger partial charge >= 0.3 is 0 Å². The summed E-state index contributed by atoms with van der Waals surface area (Å²) in [4.78, 5) is 24.0. The minimum Gasteiger partial charge on any atom is -0.319 e. The summed E-state index contributed by atoms with van der Waals surface area (Å²) in [6.45, 7) is -0.0128. The van der Waals surface area contributed by atoms with Crippen LogP contribution in [0, 0.1) is 10.1 Å². The predicted molar refractivity (Wildman–Crippen MR) is 107 cm³/mol. The van der Waals surface area contributed by atoms with Crippen LogP contribution in [0.15, 0.2) is 66.0 Å². The number of carbonyl (C=O) groups excluding carboxylic acids is 1. The molecule has 0 saturated heterocycles. The molecule has 0 spiro atoms. The van der Waals surface area contributed by atoms with Crippen molar-refractivity contribution in [2.75, 3.05) is 11.9 Å². The molecule has 6 nitrogen and oxygen atoms in total. The van der Waals surface area contributed by atoms with Crippen LogP contribution in [0.3, 0.4) is 0 Å². The number of nitrogens with zero attached hydrogens (tertiary/aromatic N) is 1. The van der Waals surface area contributed by atoms with Gasteiger partial charge < -0.3 is 5.32 Å². The lowest BCUT2D eigenvalue weighted by molar-refractivity contribution is -0.383. The topological polar surface area (TPSA) is 84.3 Å². The van der Waals surface area contributed by atoms with Crippen LogP contribution >= 0.6 is 22.9 Å². The number of carbonyl (C=O) groups is 1. The third kappa shape index (κ3) is 4.91. The Morgan fingerprint density at radius 1 is 1.15 bits per heavy atom. The van der Waals surface area contributed by atoms with Gasteiger partial charge in [-0.25, -0.2) is 0 Å². The Morgan fingerprint density at radius 2 is 1.93 bits per heavy atom. The van der Waals surface area contributed by atoms with Gasteiger partial charge in [0, 0.05) is 16.0 Å². The number of hydrogen-bond acceptors (Lipinski definition) is 5. The van der Waals surface area contributed by atoms with E-state index in [1.807, 2.05) is 47.8 Å². The molecule has 0 radical (unpaired) electrons. The van der Waals surface area contributed by atoms with Crippen LogP contribution in [0.2, 0.25) is 5.02 Å². The van der Waals surface area contributed by atoms with Gasteiger partial charge in [0.05, 0.1) is 17.5 Å². The SMILES string of the molecule is O=C(CN[C@H](c1ccccc1)c1cccs1)Nc1cc(Cl)ccc1[N+](=O)[O-]. The third-order valence-corrected chi connectivity index (χ3v) is 5.03. The molecule has 1 heterocycles. The Bertz CT molecular complexity index is 933. The fourth-order valence-corrected chi connectivity index (χ4v) is 3.64. The van der Waals surface area contributed by atoms with Crippen LogP contribution in [-0.4, -0.2) is 17.4 Å². The Kier molecular flexibility index (Phi) is 6.18. The molecule has 3 rings (SSSR count). The average Bonchev–Trinajstić information content (AvgIpc) is 3.17. The van der Waals surface area contributed by atoms with Gasteiger partial charge in [0.15, 0.2) is 0 Å². The minimum atomic E-state index is -0.558. The molecular formula is C19H16ClN3O3S. The Morgan fingerprint density at radius 3 is 2.59 bits per heavy atom. The maximum atomic E-state index is 12.4. The van der Waals surface area contributed by atoms with E-state index in [0.29, 0.717) is 5.02 Å². The second-order valence-electron chi connectivity index (χ2n) is 5.71. The van der Waals surface area contributed by atoms with Gasteiger partial charge in [0.1, 0.15) is 5.69 Å². The molecule has 3 aromatic rings. The summed E-state index contributed by atoms with van der Waals surface area (Å²) in [6, 6.07) is 17.6. The number of rotatable bonds is 7. The molecule has 138 valence electrons. The quantitative estimate of drug-likeness (QED) is 0.446. The first kappa shape index (κ1) is 19.0. The number of benzene rings is 2. The number of thiophene rings is 1. The lowest BCUT2D eigenvalue weighted by atomic mass is 10.1. The molecule has 0 aliphatic heterocycles. The van der Waals surface area contributed by atoms with Gasteiger partial charge in [-0.1, -0.05) is 48.0 Å². The van der Waals surface area contributed by atoms with E-state index in [9.17, 15) is 14.9 Å². The first-order chi connectivity index (χ1) is 13.0. The van der Waals surface area contributed by atoms with Gasteiger partial charge in [-0.3, -0.25) is 20.2 Å². The molecule has 1 atom stereocenters. The standard InChI is InChI=1S/C19H16ClN3O3S/c20-14-8-9-16(23(25)26)15(11-14)22-18(24)12-21-19(17-7-4-10-27-17)13-5-2-1-3-6-13/h1-11,19,21H,12H2,(H,22,24)/t19-/m1/s1. The summed E-state index contributed by atoms with van der Waals surface area (Å²) in [5, 5.41) is 19.2. The summed E-state index contributed by atoms with van der Waals surface area (Å²) in [7, 11) is 0. The monoisotopic (exact) mass is 401 g/mol. The van der Waals surface area contributed by atoms with Crippen molar-refractivity contribution in [1.82, 2.24) is 5.32 Å². The van der Waals surface area contributed by atoms with E-state index >= 15 is 0 Å². The van der Waals surface area contributed by atoms with Crippen LogP contribution in [0.4, 0.5) is 11.4 Å². The number of nitrogens with one attached hydrogen (secondary N) is 2. The molecule has 2 aromatic carbocycles. The highest BCUT2D eigenvalue weighted by molar-refractivity contribution is 7.10. The van der Waals surface area contributed by atoms with Gasteiger partial charge in [0.25, 0.3) is 5.69 Å². The fraction of sp³-hybridized carbons (Fsp3) is 0.105. The Labute approximate surface area is 164 Å². The number of hydrogen-bond donors (Lipinski definition) is 2. The number of amides is 1. The van der Waals surface area contributed by atoms with Gasteiger partial charge in [-0.05, 0) is 29.1 Å². The maximum Gasteiger partial charge on any atom is 0.292 e. The van der Waals surface area contributed by atoms with Crippen molar-refractivity contribution < 1.29 is 9.72 Å². The first-order valence-electron chi connectivity index (χ1n) is 8.10. The van der Waals surface area contributed by atoms with Crippen molar-refractivity contribution in [3.63, 3.8) is 0 Å². The molecule has 0 aliphatic carbocycles. The molecule has 0 unspecified atom stereocenters. The molecule has 2 N–H and O–H groups in total. The van der Waals surface area contributed by atoms with Crippen LogP contribution in [0.5, 0.6) is 0 Å². The van der Waals surface area contributed by atoms with E-state index in [4.69, 9.17) is 11.6 Å². The van der Waals surface area contributed by atoms with Crippen LogP contribution in [-0.2, 0) is 4.79 Å². The molecule has 0 fully saturated rings. The van der Waals surface area contributed by atoms with E-state index in [0.717, 1.165) is 10.4 Å². The molecule has 0 aliphatic rings. The van der Waals surface area contributed by atoms with Crippen molar-refractivity contribution in [1.29, 1.82) is 0 Å². The zero-order chi connectivity index (χ0) is 19.2. The number of anilines is 1. The van der Waals surface area contributed by atoms with E-state index in [1.165, 1.54) is 18.2 Å². The van der Waals surface area contributed by atoms with Gasteiger partial charge in [0.2, 0.25) is 5.91 Å². The zero-order valence-electron chi connectivity index (χ0n) is 14.1. The normalized spacial score (nSPS) is 11.7. The number of halogens is 1. The molecule has 0 bridgehead atoms. The number of nitro benzene ring substituents is 1. The van der Waals surface area contributed by atoms with Gasteiger partial charge in [-0.15, -0.1) is 11.3 Å². The van der Waals surface area contributed by atoms with Crippen LogP contribution < -0.4 is 10.6 Å². The molecule has 1 amide bonds. The summed E-state index contributed by atoms with van der Waals surface area (Å²) >= 11 is 7.48. The number of nitro groups is 1. The van der Waals surface area contributed by atoms with E-state index in [-0.39, 0.29) is 24.0 Å². The lowest BCUT2D eigenvalue weighted by Gasteiger charge is -2.18. The second kappa shape index (κ2) is 8.77. The van der Waals surface area contributed by atoms with Gasteiger partial charge in [-0.2, -0.15) is 0 Å². The average molecular weight is 402 g/mol. The molecule has 1 aromatic heterocycles. The van der Waals surface area contributed by atoms with Crippen molar-refractivity contribution in [3.05, 3.63) is 91.6 Å². The van der Waals surface area contributed by atoms with Crippen molar-refractivity contribution >= 4 is 40.2 Å². The second-order valence-corrected chi connectivity index (χ2v) is 7.12. The van der Waals surface area contributed by atoms with Crippen LogP contribution in [0.1, 0.15) is 16.5 Å².